The number of alkyl halides is 6. The van der Waals surface area contributed by atoms with Gasteiger partial charge in [-0.1, -0.05) is 6.07 Å². The molecule has 2 bridgehead atoms. The maximum atomic E-state index is 13.4. The van der Waals surface area contributed by atoms with E-state index in [2.05, 4.69) is 24.8 Å². The Kier molecular flexibility index (Phi) is 6.20. The highest BCUT2D eigenvalue weighted by Gasteiger charge is 2.49. The van der Waals surface area contributed by atoms with Crippen LogP contribution in [0.25, 0.3) is 0 Å². The summed E-state index contributed by atoms with van der Waals surface area (Å²) in [5, 5.41) is 4.09. The average Bonchev–Trinajstić information content (AvgIpc) is 3.42. The number of ether oxygens (including phenoxy) is 2. The molecule has 9 nitrogen and oxygen atoms in total. The Morgan fingerprint density at radius 3 is 2.57 bits per heavy atom. The van der Waals surface area contributed by atoms with E-state index in [1.807, 2.05) is 6.92 Å². The van der Waals surface area contributed by atoms with Crippen LogP contribution in [0.1, 0.15) is 30.4 Å². The SMILES string of the molecule is Cc1cnc(C2C3CCC(CN2c2nc(Oc4cccc(OC(F)(F)F)c4)n(CC(F)(F)F)n2)C3N)[nH]1. The molecule has 2 aliphatic rings. The van der Waals surface area contributed by atoms with Crippen LogP contribution < -0.4 is 20.1 Å². The molecule has 1 saturated heterocycles. The van der Waals surface area contributed by atoms with E-state index in [-0.39, 0.29) is 29.6 Å². The molecule has 3 aromatic rings. The molecule has 0 radical (unpaired) electrons. The van der Waals surface area contributed by atoms with Gasteiger partial charge in [-0.2, -0.15) is 18.2 Å². The second-order valence-corrected chi connectivity index (χ2v) is 9.22. The fraction of sp³-hybridized carbons (Fsp3) is 0.500. The van der Waals surface area contributed by atoms with E-state index in [0.29, 0.717) is 17.1 Å². The molecule has 1 aliphatic heterocycles. The van der Waals surface area contributed by atoms with Crippen LogP contribution >= 0.6 is 0 Å². The van der Waals surface area contributed by atoms with Crippen LogP contribution in [0, 0.1) is 18.8 Å². The number of aryl methyl sites for hydroxylation is 1. The van der Waals surface area contributed by atoms with E-state index in [4.69, 9.17) is 10.5 Å². The summed E-state index contributed by atoms with van der Waals surface area (Å²) >= 11 is 0. The zero-order valence-electron chi connectivity index (χ0n) is 19.4. The van der Waals surface area contributed by atoms with Crippen LogP contribution in [-0.4, -0.2) is 49.9 Å². The smallest absolute Gasteiger partial charge is 0.424 e. The number of H-pyrrole nitrogens is 1. The Morgan fingerprint density at radius 2 is 1.89 bits per heavy atom. The number of imidazole rings is 1. The van der Waals surface area contributed by atoms with Gasteiger partial charge in [-0.3, -0.25) is 0 Å². The lowest BCUT2D eigenvalue weighted by Crippen LogP contribution is -2.51. The molecule has 5 rings (SSSR count). The van der Waals surface area contributed by atoms with Gasteiger partial charge in [0.25, 0.3) is 0 Å². The number of hydrogen-bond donors (Lipinski definition) is 2. The molecule has 1 aliphatic carbocycles. The molecule has 0 spiro atoms. The number of halogens is 6. The van der Waals surface area contributed by atoms with Crippen molar-refractivity contribution >= 4 is 5.95 Å². The van der Waals surface area contributed by atoms with E-state index in [1.54, 1.807) is 11.1 Å². The predicted molar refractivity (Wildman–Crippen MR) is 117 cm³/mol. The lowest BCUT2D eigenvalue weighted by atomic mass is 9.86. The van der Waals surface area contributed by atoms with Crippen LogP contribution in [-0.2, 0) is 6.54 Å². The fourth-order valence-electron chi connectivity index (χ4n) is 5.09. The van der Waals surface area contributed by atoms with Crippen molar-refractivity contribution < 1.29 is 35.8 Å². The van der Waals surface area contributed by atoms with Crippen molar-refractivity contribution in [1.82, 2.24) is 24.7 Å². The van der Waals surface area contributed by atoms with E-state index in [0.717, 1.165) is 30.7 Å². The Balaban J connectivity index is 1.50. The highest BCUT2D eigenvalue weighted by atomic mass is 19.4. The summed E-state index contributed by atoms with van der Waals surface area (Å²) in [6.07, 6.45) is -6.30. The summed E-state index contributed by atoms with van der Waals surface area (Å²) in [5.41, 5.74) is 7.27. The molecule has 2 fully saturated rings. The summed E-state index contributed by atoms with van der Waals surface area (Å²) in [5.74, 6) is -0.161. The van der Waals surface area contributed by atoms with Gasteiger partial charge in [0.1, 0.15) is 23.9 Å². The predicted octanol–water partition coefficient (Wildman–Crippen LogP) is 4.48. The summed E-state index contributed by atoms with van der Waals surface area (Å²) in [4.78, 5) is 13.6. The van der Waals surface area contributed by atoms with Crippen LogP contribution in [0.2, 0.25) is 0 Å². The van der Waals surface area contributed by atoms with Crippen molar-refractivity contribution in [3.63, 3.8) is 0 Å². The lowest BCUT2D eigenvalue weighted by molar-refractivity contribution is -0.274. The number of rotatable bonds is 6. The number of nitrogens with zero attached hydrogens (tertiary/aromatic N) is 5. The van der Waals surface area contributed by atoms with Gasteiger partial charge in [-0.15, -0.1) is 18.3 Å². The molecule has 4 unspecified atom stereocenters. The number of fused-ring (bicyclic) bond motifs is 2. The molecule has 37 heavy (non-hydrogen) atoms. The third-order valence-electron chi connectivity index (χ3n) is 6.55. The number of nitrogens with two attached hydrogens (primary N) is 1. The van der Waals surface area contributed by atoms with Gasteiger partial charge in [0, 0.05) is 36.5 Å². The Hall–Kier alpha value is -3.49. The van der Waals surface area contributed by atoms with Crippen molar-refractivity contribution in [2.24, 2.45) is 17.6 Å². The third-order valence-corrected chi connectivity index (χ3v) is 6.55. The van der Waals surface area contributed by atoms with Crippen LogP contribution in [0.5, 0.6) is 17.5 Å². The number of anilines is 1. The van der Waals surface area contributed by atoms with Crippen LogP contribution in [0.3, 0.4) is 0 Å². The summed E-state index contributed by atoms with van der Waals surface area (Å²) in [6.45, 7) is 0.713. The number of aromatic nitrogens is 5. The first-order chi connectivity index (χ1) is 17.4. The van der Waals surface area contributed by atoms with E-state index < -0.39 is 36.9 Å². The topological polar surface area (TPSA) is 107 Å². The molecule has 4 atom stereocenters. The fourth-order valence-corrected chi connectivity index (χ4v) is 5.09. The molecule has 3 N–H and O–H groups in total. The second-order valence-electron chi connectivity index (χ2n) is 9.22. The summed E-state index contributed by atoms with van der Waals surface area (Å²) in [6, 6.07) is 3.36. The van der Waals surface area contributed by atoms with Gasteiger partial charge in [-0.25, -0.2) is 9.67 Å². The minimum absolute atomic E-state index is 0.0233. The van der Waals surface area contributed by atoms with Crippen LogP contribution in [0.4, 0.5) is 32.3 Å². The quantitative estimate of drug-likeness (QED) is 0.452. The average molecular weight is 531 g/mol. The number of aromatic amines is 1. The molecule has 3 heterocycles. The minimum Gasteiger partial charge on any atom is -0.424 e. The van der Waals surface area contributed by atoms with Gasteiger partial charge >= 0.3 is 18.5 Å². The largest absolute Gasteiger partial charge is 0.573 e. The lowest BCUT2D eigenvalue weighted by Gasteiger charge is -2.42. The first kappa shape index (κ1) is 25.2. The van der Waals surface area contributed by atoms with Crippen molar-refractivity contribution in [1.29, 1.82) is 0 Å². The van der Waals surface area contributed by atoms with E-state index >= 15 is 0 Å². The molecular formula is C22H23F6N7O2. The Labute approximate surface area is 206 Å². The molecule has 200 valence electrons. The van der Waals surface area contributed by atoms with Crippen molar-refractivity contribution in [2.75, 3.05) is 11.4 Å². The molecule has 15 heteroatoms. The van der Waals surface area contributed by atoms with Crippen molar-refractivity contribution in [3.05, 3.63) is 42.0 Å². The molecule has 0 amide bonds. The zero-order valence-corrected chi connectivity index (χ0v) is 19.4. The van der Waals surface area contributed by atoms with Gasteiger partial charge in [0.15, 0.2) is 0 Å². The maximum Gasteiger partial charge on any atom is 0.573 e. The first-order valence-corrected chi connectivity index (χ1v) is 11.5. The van der Waals surface area contributed by atoms with Gasteiger partial charge in [-0.05, 0) is 37.8 Å². The first-order valence-electron chi connectivity index (χ1n) is 11.5. The maximum absolute atomic E-state index is 13.4. The Bertz CT molecular complexity index is 1260. The standard InChI is InChI=1S/C22H23F6N7O2/c1-11-8-30-18(31-11)17-15-6-5-12(16(15)29)9-34(17)19-32-20(35(33-19)10-21(23,24)25)36-13-3-2-4-14(7-13)37-22(26,27)28/h2-4,7-8,12,15-17H,5-6,9-10,29H2,1H3,(H,30,31). The number of hydrogen-bond acceptors (Lipinski definition) is 7. The third kappa shape index (κ3) is 5.45. The number of nitrogens with one attached hydrogen (secondary N) is 1. The van der Waals surface area contributed by atoms with Crippen molar-refractivity contribution in [2.45, 2.75) is 50.9 Å². The molecule has 2 aromatic heterocycles. The summed E-state index contributed by atoms with van der Waals surface area (Å²) in [7, 11) is 0. The molecule has 1 saturated carbocycles. The number of piperidine rings is 1. The second kappa shape index (κ2) is 9.11. The highest BCUT2D eigenvalue weighted by molar-refractivity contribution is 5.40. The zero-order chi connectivity index (χ0) is 26.5. The van der Waals surface area contributed by atoms with Gasteiger partial charge < -0.3 is 25.1 Å². The molecule has 1 aromatic carbocycles. The van der Waals surface area contributed by atoms with Crippen LogP contribution in [0.15, 0.2) is 30.5 Å². The van der Waals surface area contributed by atoms with Crippen molar-refractivity contribution in [3.8, 4) is 17.5 Å². The van der Waals surface area contributed by atoms with E-state index in [9.17, 15) is 26.3 Å². The monoisotopic (exact) mass is 531 g/mol. The normalized spacial score (nSPS) is 23.9. The highest BCUT2D eigenvalue weighted by Crippen LogP contribution is 2.47. The van der Waals surface area contributed by atoms with E-state index in [1.165, 1.54) is 12.1 Å². The molecular weight excluding hydrogens is 508 g/mol. The van der Waals surface area contributed by atoms with Gasteiger partial charge in [0.05, 0.1) is 6.04 Å². The van der Waals surface area contributed by atoms with Gasteiger partial charge in [0.2, 0.25) is 5.95 Å². The number of benzene rings is 1. The summed E-state index contributed by atoms with van der Waals surface area (Å²) < 4.78 is 87.7. The minimum atomic E-state index is -4.95. The Morgan fingerprint density at radius 1 is 1.14 bits per heavy atom.